The Morgan fingerprint density at radius 3 is 2.69 bits per heavy atom. The van der Waals surface area contributed by atoms with Gasteiger partial charge in [-0.25, -0.2) is 8.91 Å². The number of rotatable bonds is 6. The van der Waals surface area contributed by atoms with Crippen molar-refractivity contribution >= 4 is 22.5 Å². The van der Waals surface area contributed by atoms with Crippen LogP contribution in [0.2, 0.25) is 0 Å². The Morgan fingerprint density at radius 2 is 1.97 bits per heavy atom. The maximum atomic E-state index is 15.1. The smallest absolute Gasteiger partial charge is 0.388 e. The van der Waals surface area contributed by atoms with Crippen molar-refractivity contribution in [2.45, 2.75) is 37.7 Å². The summed E-state index contributed by atoms with van der Waals surface area (Å²) in [5, 5.41) is 7.42. The van der Waals surface area contributed by atoms with Gasteiger partial charge in [0.15, 0.2) is 0 Å². The lowest BCUT2D eigenvalue weighted by molar-refractivity contribution is -0.142. The number of hydrogen-bond acceptors (Lipinski definition) is 8. The van der Waals surface area contributed by atoms with Gasteiger partial charge in [-0.15, -0.1) is 5.10 Å². The Morgan fingerprint density at radius 1 is 1.17 bits per heavy atom. The van der Waals surface area contributed by atoms with Crippen molar-refractivity contribution < 1.29 is 22.6 Å². The molecule has 4 aromatic rings. The van der Waals surface area contributed by atoms with E-state index in [1.807, 2.05) is 12.1 Å². The average molecular weight is 499 g/mol. The number of piperidine rings is 1. The lowest BCUT2D eigenvalue weighted by Gasteiger charge is -2.50. The molecule has 188 valence electrons. The Kier molecular flexibility index (Phi) is 5.64. The zero-order valence-electron chi connectivity index (χ0n) is 19.4. The SMILES string of the molecule is CC1(N2CC[C@H](Nc3nc(OC(F)F)c4c(-c5ccc6nccnc6c5)ccn4n3)[C@H](F)C2)COC1. The molecule has 6 rings (SSSR count). The molecular formula is C24H24F3N7O2. The molecule has 2 atom stereocenters. The second-order valence-electron chi connectivity index (χ2n) is 9.39. The molecule has 9 nitrogen and oxygen atoms in total. The third-order valence-corrected chi connectivity index (χ3v) is 6.91. The first-order valence-electron chi connectivity index (χ1n) is 11.7. The molecule has 1 N–H and O–H groups in total. The van der Waals surface area contributed by atoms with Gasteiger partial charge in [-0.05, 0) is 37.1 Å². The number of benzene rings is 1. The van der Waals surface area contributed by atoms with E-state index in [1.54, 1.807) is 30.7 Å². The maximum absolute atomic E-state index is 15.1. The molecule has 3 aromatic heterocycles. The van der Waals surface area contributed by atoms with Crippen LogP contribution in [0.3, 0.4) is 0 Å². The molecule has 2 aliphatic rings. The van der Waals surface area contributed by atoms with Gasteiger partial charge in [0.05, 0.1) is 35.8 Å². The minimum absolute atomic E-state index is 0.0176. The van der Waals surface area contributed by atoms with Crippen molar-refractivity contribution in [1.82, 2.24) is 29.5 Å². The Hall–Kier alpha value is -3.51. The van der Waals surface area contributed by atoms with Crippen LogP contribution in [0.4, 0.5) is 19.1 Å². The highest BCUT2D eigenvalue weighted by Crippen LogP contribution is 2.34. The molecule has 2 fully saturated rings. The number of fused-ring (bicyclic) bond motifs is 2. The van der Waals surface area contributed by atoms with Crippen LogP contribution in [0, 0.1) is 0 Å². The zero-order chi connectivity index (χ0) is 24.9. The number of ether oxygens (including phenoxy) is 2. The van der Waals surface area contributed by atoms with Crippen LogP contribution in [0.15, 0.2) is 42.9 Å². The highest BCUT2D eigenvalue weighted by Gasteiger charge is 2.43. The molecule has 0 saturated carbocycles. The normalized spacial score (nSPS) is 22.1. The van der Waals surface area contributed by atoms with E-state index in [0.717, 1.165) is 5.56 Å². The summed E-state index contributed by atoms with van der Waals surface area (Å²) in [5.41, 5.74) is 2.82. The fourth-order valence-electron chi connectivity index (χ4n) is 4.89. The van der Waals surface area contributed by atoms with Gasteiger partial charge in [-0.2, -0.15) is 13.8 Å². The van der Waals surface area contributed by atoms with Gasteiger partial charge < -0.3 is 14.8 Å². The van der Waals surface area contributed by atoms with E-state index in [-0.39, 0.29) is 29.4 Å². The first kappa shape index (κ1) is 22.9. The van der Waals surface area contributed by atoms with Crippen LogP contribution in [-0.4, -0.2) is 80.1 Å². The monoisotopic (exact) mass is 499 g/mol. The maximum Gasteiger partial charge on any atom is 0.388 e. The van der Waals surface area contributed by atoms with Gasteiger partial charge in [0.1, 0.15) is 11.7 Å². The lowest BCUT2D eigenvalue weighted by Crippen LogP contribution is -2.64. The van der Waals surface area contributed by atoms with E-state index in [9.17, 15) is 8.78 Å². The molecule has 0 spiro atoms. The number of aromatic nitrogens is 5. The summed E-state index contributed by atoms with van der Waals surface area (Å²) in [6, 6.07) is 6.61. The molecule has 2 aliphatic heterocycles. The molecule has 5 heterocycles. The number of hydrogen-bond donors (Lipinski definition) is 1. The fraction of sp³-hybridized carbons (Fsp3) is 0.417. The summed E-state index contributed by atoms with van der Waals surface area (Å²) < 4.78 is 53.3. The Labute approximate surface area is 204 Å². The zero-order valence-corrected chi connectivity index (χ0v) is 19.4. The predicted molar refractivity (Wildman–Crippen MR) is 126 cm³/mol. The predicted octanol–water partition coefficient (Wildman–Crippen LogP) is 3.55. The van der Waals surface area contributed by atoms with Crippen LogP contribution in [0.25, 0.3) is 27.7 Å². The number of halogens is 3. The summed E-state index contributed by atoms with van der Waals surface area (Å²) in [6.45, 7) is 1.08. The average Bonchev–Trinajstić information content (AvgIpc) is 3.27. The number of anilines is 1. The fourth-order valence-corrected chi connectivity index (χ4v) is 4.89. The standard InChI is InChI=1S/C24H24F3N7O2/c1-24(12-35-13-24)33-8-5-17(16(25)11-33)30-23-31-21(36-22(26)27)20-15(4-9-34(20)32-23)14-2-3-18-19(10-14)29-7-6-28-18/h2-4,6-7,9-10,16-17,22H,5,8,11-13H2,1H3,(H,30,32)/t16-,17+/m1/s1. The second-order valence-corrected chi connectivity index (χ2v) is 9.39. The van der Waals surface area contributed by atoms with Crippen molar-refractivity contribution in [1.29, 1.82) is 0 Å². The summed E-state index contributed by atoms with van der Waals surface area (Å²) in [5.74, 6) is -0.280. The van der Waals surface area contributed by atoms with Crippen LogP contribution >= 0.6 is 0 Å². The lowest BCUT2D eigenvalue weighted by atomic mass is 9.92. The third kappa shape index (κ3) is 4.09. The second kappa shape index (κ2) is 8.86. The largest absolute Gasteiger partial charge is 0.414 e. The molecule has 0 aliphatic carbocycles. The number of nitrogens with zero attached hydrogens (tertiary/aromatic N) is 6. The highest BCUT2D eigenvalue weighted by molar-refractivity contribution is 5.89. The molecule has 0 radical (unpaired) electrons. The van der Waals surface area contributed by atoms with Gasteiger partial charge in [-0.3, -0.25) is 14.9 Å². The van der Waals surface area contributed by atoms with E-state index in [1.165, 1.54) is 4.52 Å². The van der Waals surface area contributed by atoms with Crippen LogP contribution in [0.1, 0.15) is 13.3 Å². The summed E-state index contributed by atoms with van der Waals surface area (Å²) in [7, 11) is 0. The summed E-state index contributed by atoms with van der Waals surface area (Å²) in [6.07, 6.45) is 4.14. The molecule has 36 heavy (non-hydrogen) atoms. The molecule has 0 amide bonds. The van der Waals surface area contributed by atoms with Crippen molar-refractivity contribution in [3.8, 4) is 17.0 Å². The number of likely N-dealkylation sites (tertiary alicyclic amines) is 1. The van der Waals surface area contributed by atoms with Gasteiger partial charge in [0, 0.05) is 37.2 Å². The molecule has 12 heteroatoms. The highest BCUT2D eigenvalue weighted by atomic mass is 19.3. The Balaban J connectivity index is 1.31. The number of alkyl halides is 3. The molecule has 0 bridgehead atoms. The first-order valence-corrected chi connectivity index (χ1v) is 11.7. The summed E-state index contributed by atoms with van der Waals surface area (Å²) in [4.78, 5) is 14.9. The first-order chi connectivity index (χ1) is 17.4. The molecule has 0 unspecified atom stereocenters. The van der Waals surface area contributed by atoms with E-state index >= 15 is 4.39 Å². The van der Waals surface area contributed by atoms with Gasteiger partial charge in [0.25, 0.3) is 0 Å². The third-order valence-electron chi connectivity index (χ3n) is 6.91. The number of nitrogens with one attached hydrogen (secondary N) is 1. The van der Waals surface area contributed by atoms with Gasteiger partial charge in [-0.1, -0.05) is 6.07 Å². The van der Waals surface area contributed by atoms with Crippen molar-refractivity contribution in [3.63, 3.8) is 0 Å². The molecule has 2 saturated heterocycles. The Bertz CT molecular complexity index is 1410. The van der Waals surface area contributed by atoms with E-state index in [0.29, 0.717) is 42.8 Å². The minimum Gasteiger partial charge on any atom is -0.414 e. The minimum atomic E-state index is -3.09. The van der Waals surface area contributed by atoms with E-state index in [2.05, 4.69) is 37.2 Å². The van der Waals surface area contributed by atoms with Gasteiger partial charge in [0.2, 0.25) is 11.8 Å². The van der Waals surface area contributed by atoms with Crippen molar-refractivity contribution in [2.75, 3.05) is 31.6 Å². The van der Waals surface area contributed by atoms with Crippen LogP contribution in [-0.2, 0) is 4.74 Å². The van der Waals surface area contributed by atoms with Crippen LogP contribution in [0.5, 0.6) is 5.88 Å². The molecular weight excluding hydrogens is 475 g/mol. The van der Waals surface area contributed by atoms with E-state index in [4.69, 9.17) is 9.47 Å². The van der Waals surface area contributed by atoms with Gasteiger partial charge >= 0.3 is 6.61 Å². The topological polar surface area (TPSA) is 89.7 Å². The van der Waals surface area contributed by atoms with E-state index < -0.39 is 18.8 Å². The van der Waals surface area contributed by atoms with Crippen LogP contribution < -0.4 is 10.1 Å². The molecule has 1 aromatic carbocycles. The summed E-state index contributed by atoms with van der Waals surface area (Å²) >= 11 is 0. The van der Waals surface area contributed by atoms with Crippen molar-refractivity contribution in [2.24, 2.45) is 0 Å². The van der Waals surface area contributed by atoms with Crippen molar-refractivity contribution in [3.05, 3.63) is 42.9 Å². The quantitative estimate of drug-likeness (QED) is 0.431.